The number of rotatable bonds is 6. The molecule has 6 heteroatoms. The van der Waals surface area contributed by atoms with Crippen molar-refractivity contribution in [2.24, 2.45) is 7.05 Å². The highest BCUT2D eigenvalue weighted by atomic mass is 16.2. The van der Waals surface area contributed by atoms with E-state index in [0.717, 1.165) is 25.2 Å². The Kier molecular flexibility index (Phi) is 6.94. The fraction of sp³-hybridized carbons (Fsp3) is 0.333. The molecule has 2 heterocycles. The molecule has 0 saturated carbocycles. The summed E-state index contributed by atoms with van der Waals surface area (Å²) in [5, 5.41) is 5.56. The van der Waals surface area contributed by atoms with E-state index in [1.807, 2.05) is 43.6 Å². The summed E-state index contributed by atoms with van der Waals surface area (Å²) in [6, 6.07) is 20.2. The third-order valence-electron chi connectivity index (χ3n) is 6.42. The number of amides is 2. The first-order valence-electron chi connectivity index (χ1n) is 11.5. The number of aryl methyl sites for hydroxylation is 1. The molecule has 0 spiro atoms. The fourth-order valence-corrected chi connectivity index (χ4v) is 4.43. The molecule has 0 fully saturated rings. The van der Waals surface area contributed by atoms with Crippen LogP contribution in [0.4, 0.5) is 5.69 Å². The number of anilines is 1. The van der Waals surface area contributed by atoms with Crippen molar-refractivity contribution in [1.82, 2.24) is 14.8 Å². The first-order valence-corrected chi connectivity index (χ1v) is 11.5. The maximum atomic E-state index is 12.6. The largest absolute Gasteiger partial charge is 0.353 e. The molecule has 0 unspecified atom stereocenters. The summed E-state index contributed by atoms with van der Waals surface area (Å²) in [5.74, 6) is -0.865. The molecule has 172 valence electrons. The van der Waals surface area contributed by atoms with E-state index >= 15 is 0 Å². The van der Waals surface area contributed by atoms with Crippen molar-refractivity contribution in [3.8, 4) is 0 Å². The van der Waals surface area contributed by atoms with E-state index < -0.39 is 11.8 Å². The Labute approximate surface area is 195 Å². The van der Waals surface area contributed by atoms with Crippen molar-refractivity contribution in [3.05, 3.63) is 89.2 Å². The minimum absolute atomic E-state index is 0.0274. The van der Waals surface area contributed by atoms with Crippen molar-refractivity contribution >= 4 is 17.5 Å². The van der Waals surface area contributed by atoms with Crippen LogP contribution >= 0.6 is 0 Å². The van der Waals surface area contributed by atoms with Gasteiger partial charge in [0.1, 0.15) is 0 Å². The highest BCUT2D eigenvalue weighted by Crippen LogP contribution is 2.27. The van der Waals surface area contributed by atoms with Gasteiger partial charge in [0.15, 0.2) is 0 Å². The summed E-state index contributed by atoms with van der Waals surface area (Å²) < 4.78 is 2.08. The normalized spacial score (nSPS) is 14.5. The summed E-state index contributed by atoms with van der Waals surface area (Å²) >= 11 is 0. The molecule has 3 aromatic rings. The van der Waals surface area contributed by atoms with Crippen LogP contribution in [0.1, 0.15) is 48.2 Å². The van der Waals surface area contributed by atoms with Crippen molar-refractivity contribution in [2.45, 2.75) is 38.8 Å². The summed E-state index contributed by atoms with van der Waals surface area (Å²) in [5.41, 5.74) is 5.61. The monoisotopic (exact) mass is 444 g/mol. The van der Waals surface area contributed by atoms with Crippen LogP contribution in [0.5, 0.6) is 0 Å². The van der Waals surface area contributed by atoms with E-state index in [4.69, 9.17) is 0 Å². The van der Waals surface area contributed by atoms with Gasteiger partial charge < -0.3 is 15.2 Å². The van der Waals surface area contributed by atoms with Crippen molar-refractivity contribution in [2.75, 3.05) is 18.4 Å². The first kappa shape index (κ1) is 22.8. The maximum absolute atomic E-state index is 12.6. The molecule has 0 radical (unpaired) electrons. The van der Waals surface area contributed by atoms with Gasteiger partial charge in [0.2, 0.25) is 0 Å². The molecular formula is C27H32N4O2. The van der Waals surface area contributed by atoms with Gasteiger partial charge >= 0.3 is 11.8 Å². The Morgan fingerprint density at radius 3 is 2.33 bits per heavy atom. The van der Waals surface area contributed by atoms with Crippen molar-refractivity contribution in [3.63, 3.8) is 0 Å². The van der Waals surface area contributed by atoms with Gasteiger partial charge in [0.25, 0.3) is 0 Å². The molecule has 1 atom stereocenters. The number of fused-ring (bicyclic) bond motifs is 1. The number of nitrogens with zero attached hydrogens (tertiary/aromatic N) is 2. The van der Waals surface area contributed by atoms with Gasteiger partial charge in [-0.05, 0) is 53.3 Å². The maximum Gasteiger partial charge on any atom is 0.313 e. The van der Waals surface area contributed by atoms with Crippen LogP contribution in [0.15, 0.2) is 66.9 Å². The van der Waals surface area contributed by atoms with Gasteiger partial charge in [0, 0.05) is 44.3 Å². The Hall–Kier alpha value is -3.38. The lowest BCUT2D eigenvalue weighted by atomic mass is 9.98. The van der Waals surface area contributed by atoms with Crippen molar-refractivity contribution in [1.29, 1.82) is 0 Å². The second-order valence-electron chi connectivity index (χ2n) is 8.99. The van der Waals surface area contributed by atoms with E-state index in [-0.39, 0.29) is 6.04 Å². The average molecular weight is 445 g/mol. The Morgan fingerprint density at radius 1 is 0.939 bits per heavy atom. The summed E-state index contributed by atoms with van der Waals surface area (Å²) in [4.78, 5) is 27.5. The van der Waals surface area contributed by atoms with Gasteiger partial charge in [-0.15, -0.1) is 0 Å². The van der Waals surface area contributed by atoms with E-state index in [1.165, 1.54) is 16.7 Å². The lowest BCUT2D eigenvalue weighted by Gasteiger charge is -2.36. The molecule has 2 N–H and O–H groups in total. The van der Waals surface area contributed by atoms with Gasteiger partial charge in [-0.2, -0.15) is 0 Å². The molecule has 4 rings (SSSR count). The van der Waals surface area contributed by atoms with E-state index in [9.17, 15) is 9.59 Å². The molecule has 1 aromatic heterocycles. The topological polar surface area (TPSA) is 66.4 Å². The first-order chi connectivity index (χ1) is 15.9. The zero-order chi connectivity index (χ0) is 23.4. The second-order valence-corrected chi connectivity index (χ2v) is 8.99. The average Bonchev–Trinajstić information content (AvgIpc) is 3.24. The third-order valence-corrected chi connectivity index (χ3v) is 6.42. The quantitative estimate of drug-likeness (QED) is 0.565. The van der Waals surface area contributed by atoms with Crippen LogP contribution in [0.3, 0.4) is 0 Å². The van der Waals surface area contributed by atoms with Gasteiger partial charge in [-0.1, -0.05) is 50.2 Å². The van der Waals surface area contributed by atoms with Gasteiger partial charge in [-0.3, -0.25) is 14.5 Å². The lowest BCUT2D eigenvalue weighted by molar-refractivity contribution is -0.136. The van der Waals surface area contributed by atoms with Crippen LogP contribution < -0.4 is 10.6 Å². The van der Waals surface area contributed by atoms with Gasteiger partial charge in [0.05, 0.1) is 6.04 Å². The van der Waals surface area contributed by atoms with Gasteiger partial charge in [-0.25, -0.2) is 0 Å². The van der Waals surface area contributed by atoms with Crippen LogP contribution in [0.2, 0.25) is 0 Å². The molecular weight excluding hydrogens is 412 g/mol. The summed E-state index contributed by atoms with van der Waals surface area (Å²) in [6.07, 6.45) is 2.98. The number of benzene rings is 2. The fourth-order valence-electron chi connectivity index (χ4n) is 4.43. The molecule has 6 nitrogen and oxygen atoms in total. The molecule has 0 bridgehead atoms. The van der Waals surface area contributed by atoms with E-state index in [2.05, 4.69) is 64.3 Å². The smallest absolute Gasteiger partial charge is 0.313 e. The lowest BCUT2D eigenvalue weighted by Crippen LogP contribution is -2.44. The van der Waals surface area contributed by atoms with Crippen LogP contribution in [0, 0.1) is 0 Å². The van der Waals surface area contributed by atoms with Crippen LogP contribution in [0.25, 0.3) is 0 Å². The van der Waals surface area contributed by atoms with Crippen LogP contribution in [-0.2, 0) is 29.6 Å². The predicted molar refractivity (Wildman–Crippen MR) is 131 cm³/mol. The molecule has 0 saturated heterocycles. The van der Waals surface area contributed by atoms with Crippen LogP contribution in [-0.4, -0.2) is 34.4 Å². The molecule has 1 aliphatic rings. The minimum atomic E-state index is -0.651. The number of aromatic nitrogens is 1. The highest BCUT2D eigenvalue weighted by molar-refractivity contribution is 6.39. The number of hydrogen-bond donors (Lipinski definition) is 2. The zero-order valence-corrected chi connectivity index (χ0v) is 19.5. The second kappa shape index (κ2) is 10.0. The number of carbonyl (C=O) groups excluding carboxylic acids is 2. The molecule has 2 aromatic carbocycles. The predicted octanol–water partition coefficient (Wildman–Crippen LogP) is 4.00. The summed E-state index contributed by atoms with van der Waals surface area (Å²) in [7, 11) is 2.01. The SMILES string of the molecule is CC(C)c1ccc(NC(=O)C(=O)NC[C@H](c2cccn2C)N2CCc3ccccc3C2)cc1. The van der Waals surface area contributed by atoms with E-state index in [1.54, 1.807) is 0 Å². The number of hydrogen-bond acceptors (Lipinski definition) is 3. The zero-order valence-electron chi connectivity index (χ0n) is 19.5. The molecule has 1 aliphatic heterocycles. The molecule has 33 heavy (non-hydrogen) atoms. The Bertz CT molecular complexity index is 1120. The Morgan fingerprint density at radius 2 is 1.67 bits per heavy atom. The standard InChI is InChI=1S/C27H32N4O2/c1-19(2)20-10-12-23(13-11-20)29-27(33)26(32)28-17-25(24-9-6-15-30(24)3)31-16-14-21-7-4-5-8-22(21)18-31/h4-13,15,19,25H,14,16-18H2,1-3H3,(H,28,32)(H,29,33)/t25-/m1/s1. The van der Waals surface area contributed by atoms with Crippen molar-refractivity contribution < 1.29 is 9.59 Å². The molecule has 2 amide bonds. The Balaban J connectivity index is 1.42. The number of nitrogens with one attached hydrogen (secondary N) is 2. The summed E-state index contributed by atoms with van der Waals surface area (Å²) in [6.45, 7) is 6.31. The number of carbonyl (C=O) groups is 2. The third kappa shape index (κ3) is 5.34. The highest BCUT2D eigenvalue weighted by Gasteiger charge is 2.27. The van der Waals surface area contributed by atoms with E-state index in [0.29, 0.717) is 18.2 Å². The minimum Gasteiger partial charge on any atom is -0.353 e. The molecule has 0 aliphatic carbocycles.